The van der Waals surface area contributed by atoms with Gasteiger partial charge in [0.15, 0.2) is 0 Å². The molecule has 6 nitrogen and oxygen atoms in total. The number of carbonyl (C=O) groups is 2. The lowest BCUT2D eigenvalue weighted by atomic mass is 9.76. The molecule has 0 unspecified atom stereocenters. The Balaban J connectivity index is 1.60. The third-order valence-corrected chi connectivity index (χ3v) is 8.04. The van der Waals surface area contributed by atoms with Crippen molar-refractivity contribution < 1.29 is 24.0 Å². The zero-order chi connectivity index (χ0) is 25.8. The van der Waals surface area contributed by atoms with Gasteiger partial charge in [-0.3, -0.25) is 14.5 Å². The number of hydrogen-bond acceptors (Lipinski definition) is 4. The Morgan fingerprint density at radius 2 is 1.50 bits per heavy atom. The van der Waals surface area contributed by atoms with E-state index in [1.807, 2.05) is 76.2 Å². The van der Waals surface area contributed by atoms with Crippen molar-refractivity contribution in [3.8, 4) is 0 Å². The number of carbonyl (C=O) groups excluding carboxylic acids is 1. The van der Waals surface area contributed by atoms with Crippen LogP contribution < -0.4 is 10.4 Å². The number of anilines is 1. The number of hydrogen-bond donors (Lipinski definition) is 1. The third-order valence-electron chi connectivity index (χ3n) is 7.51. The quantitative estimate of drug-likeness (QED) is 0.447. The molecule has 2 heterocycles. The number of aliphatic carboxylic acids is 1. The Kier molecular flexibility index (Phi) is 6.10. The van der Waals surface area contributed by atoms with E-state index in [1.165, 1.54) is 0 Å². The van der Waals surface area contributed by atoms with E-state index >= 15 is 0 Å². The van der Waals surface area contributed by atoms with Crippen LogP contribution in [0.5, 0.6) is 0 Å². The molecule has 36 heavy (non-hydrogen) atoms. The fourth-order valence-electron chi connectivity index (χ4n) is 4.86. The highest BCUT2D eigenvalue weighted by molar-refractivity contribution is 9.10. The number of carboxylic acids is 1. The minimum Gasteiger partial charge on any atom is -0.481 e. The van der Waals surface area contributed by atoms with Gasteiger partial charge in [-0.1, -0.05) is 58.4 Å². The van der Waals surface area contributed by atoms with Crippen LogP contribution in [0, 0.1) is 0 Å². The second-order valence-electron chi connectivity index (χ2n) is 10.3. The number of nitrogens with zero attached hydrogens (tertiary/aromatic N) is 1. The van der Waals surface area contributed by atoms with E-state index in [-0.39, 0.29) is 5.91 Å². The van der Waals surface area contributed by atoms with E-state index in [1.54, 1.807) is 29.2 Å². The Morgan fingerprint density at radius 3 is 2.08 bits per heavy atom. The SMILES string of the molecule is CC1(C)OB(c2ccc([C@@H]3[C@H](C(=O)O)c4ccccc4C(=O)N3c3ccc(Br)cc3)cc2)OC1(C)C. The van der Waals surface area contributed by atoms with Gasteiger partial charge in [-0.05, 0) is 74.6 Å². The normalized spacial score (nSPS) is 22.4. The van der Waals surface area contributed by atoms with E-state index in [2.05, 4.69) is 15.9 Å². The molecule has 0 saturated carbocycles. The molecular formula is C28H27BBrNO5. The van der Waals surface area contributed by atoms with Gasteiger partial charge in [0.05, 0.1) is 17.2 Å². The van der Waals surface area contributed by atoms with Gasteiger partial charge < -0.3 is 14.4 Å². The molecule has 5 rings (SSSR count). The molecule has 1 amide bonds. The van der Waals surface area contributed by atoms with Crippen LogP contribution in [0.15, 0.2) is 77.3 Å². The predicted octanol–water partition coefficient (Wildman–Crippen LogP) is 5.32. The number of halogens is 1. The van der Waals surface area contributed by atoms with Crippen molar-refractivity contribution in [2.24, 2.45) is 0 Å². The second-order valence-corrected chi connectivity index (χ2v) is 11.2. The molecule has 2 atom stereocenters. The van der Waals surface area contributed by atoms with Crippen LogP contribution in [0.25, 0.3) is 0 Å². The second kappa shape index (κ2) is 8.87. The van der Waals surface area contributed by atoms with E-state index in [0.29, 0.717) is 22.4 Å². The van der Waals surface area contributed by atoms with Gasteiger partial charge in [0.25, 0.3) is 5.91 Å². The summed E-state index contributed by atoms with van der Waals surface area (Å²) in [6.45, 7) is 8.00. The van der Waals surface area contributed by atoms with Gasteiger partial charge in [-0.25, -0.2) is 0 Å². The van der Waals surface area contributed by atoms with Gasteiger partial charge in [0.1, 0.15) is 5.92 Å². The summed E-state index contributed by atoms with van der Waals surface area (Å²) in [5.74, 6) is -2.16. The zero-order valence-electron chi connectivity index (χ0n) is 20.6. The van der Waals surface area contributed by atoms with E-state index in [9.17, 15) is 14.7 Å². The average Bonchev–Trinajstić information content (AvgIpc) is 3.06. The van der Waals surface area contributed by atoms with Crippen LogP contribution in [0.2, 0.25) is 0 Å². The van der Waals surface area contributed by atoms with E-state index in [4.69, 9.17) is 9.31 Å². The number of rotatable bonds is 4. The molecule has 1 saturated heterocycles. The molecule has 1 fully saturated rings. The average molecular weight is 548 g/mol. The molecule has 0 spiro atoms. The highest BCUT2D eigenvalue weighted by Crippen LogP contribution is 2.45. The molecular weight excluding hydrogens is 521 g/mol. The van der Waals surface area contributed by atoms with Gasteiger partial charge >= 0.3 is 13.1 Å². The summed E-state index contributed by atoms with van der Waals surface area (Å²) >= 11 is 3.44. The lowest BCUT2D eigenvalue weighted by Gasteiger charge is -2.41. The molecule has 0 aromatic heterocycles. The van der Waals surface area contributed by atoms with Crippen LogP contribution in [0.4, 0.5) is 5.69 Å². The first-order chi connectivity index (χ1) is 17.0. The summed E-state index contributed by atoms with van der Waals surface area (Å²) < 4.78 is 13.2. The Hall–Kier alpha value is -2.94. The fourth-order valence-corrected chi connectivity index (χ4v) is 5.12. The lowest BCUT2D eigenvalue weighted by Crippen LogP contribution is -2.45. The summed E-state index contributed by atoms with van der Waals surface area (Å²) in [7, 11) is -0.532. The molecule has 0 aliphatic carbocycles. The molecule has 0 bridgehead atoms. The number of amides is 1. The topological polar surface area (TPSA) is 76.1 Å². The zero-order valence-corrected chi connectivity index (χ0v) is 22.2. The highest BCUT2D eigenvalue weighted by atomic mass is 79.9. The smallest absolute Gasteiger partial charge is 0.481 e. The summed E-state index contributed by atoms with van der Waals surface area (Å²) in [6, 6.07) is 21.1. The van der Waals surface area contributed by atoms with Crippen molar-refractivity contribution in [2.75, 3.05) is 4.90 Å². The fraction of sp³-hybridized carbons (Fsp3) is 0.286. The monoisotopic (exact) mass is 547 g/mol. The van der Waals surface area contributed by atoms with E-state index < -0.39 is 36.2 Å². The Labute approximate surface area is 219 Å². The summed E-state index contributed by atoms with van der Waals surface area (Å²) in [6.07, 6.45) is 0. The maximum atomic E-state index is 13.8. The van der Waals surface area contributed by atoms with Crippen molar-refractivity contribution in [2.45, 2.75) is 50.9 Å². The summed E-state index contributed by atoms with van der Waals surface area (Å²) in [5.41, 5.74) is 2.16. The molecule has 8 heteroatoms. The highest BCUT2D eigenvalue weighted by Gasteiger charge is 2.52. The number of fused-ring (bicyclic) bond motifs is 1. The van der Waals surface area contributed by atoms with Crippen LogP contribution in [-0.2, 0) is 14.1 Å². The van der Waals surface area contributed by atoms with Crippen LogP contribution in [-0.4, -0.2) is 35.3 Å². The molecule has 0 radical (unpaired) electrons. The first-order valence-corrected chi connectivity index (χ1v) is 12.7. The predicted molar refractivity (Wildman–Crippen MR) is 143 cm³/mol. The first kappa shape index (κ1) is 24.7. The van der Waals surface area contributed by atoms with Crippen molar-refractivity contribution in [1.29, 1.82) is 0 Å². The lowest BCUT2D eigenvalue weighted by molar-refractivity contribution is -0.139. The molecule has 2 aliphatic rings. The van der Waals surface area contributed by atoms with Gasteiger partial charge in [-0.2, -0.15) is 0 Å². The first-order valence-electron chi connectivity index (χ1n) is 11.9. The molecule has 3 aromatic rings. The Morgan fingerprint density at radius 1 is 0.917 bits per heavy atom. The van der Waals surface area contributed by atoms with Crippen LogP contribution in [0.3, 0.4) is 0 Å². The molecule has 1 N–H and O–H groups in total. The van der Waals surface area contributed by atoms with E-state index in [0.717, 1.165) is 9.94 Å². The Bertz CT molecular complexity index is 1310. The van der Waals surface area contributed by atoms with Gasteiger partial charge in [0, 0.05) is 15.7 Å². The molecule has 2 aliphatic heterocycles. The van der Waals surface area contributed by atoms with Crippen LogP contribution in [0.1, 0.15) is 61.1 Å². The third kappa shape index (κ3) is 4.07. The maximum Gasteiger partial charge on any atom is 0.494 e. The summed E-state index contributed by atoms with van der Waals surface area (Å²) in [4.78, 5) is 28.0. The summed E-state index contributed by atoms with van der Waals surface area (Å²) in [5, 5.41) is 10.4. The molecule has 184 valence electrons. The van der Waals surface area contributed by atoms with Crippen molar-refractivity contribution >= 4 is 46.1 Å². The molecule has 3 aromatic carbocycles. The van der Waals surface area contributed by atoms with Crippen LogP contribution >= 0.6 is 15.9 Å². The standard InChI is InChI=1S/C28H27BBrNO5/c1-27(2)28(3,4)36-29(35-27)18-11-9-17(10-12-18)24-23(26(33)34)21-7-5-6-8-22(21)25(32)31(24)20-15-13-19(30)14-16-20/h5-16,23-24H,1-4H3,(H,33,34)/t23-,24-/m1/s1. The maximum absolute atomic E-state index is 13.8. The van der Waals surface area contributed by atoms with Crippen molar-refractivity contribution in [1.82, 2.24) is 0 Å². The van der Waals surface area contributed by atoms with Crippen molar-refractivity contribution in [3.63, 3.8) is 0 Å². The minimum atomic E-state index is -0.989. The number of benzene rings is 3. The van der Waals surface area contributed by atoms with Gasteiger partial charge in [-0.15, -0.1) is 0 Å². The van der Waals surface area contributed by atoms with Gasteiger partial charge in [0.2, 0.25) is 0 Å². The largest absolute Gasteiger partial charge is 0.494 e. The number of carboxylic acid groups (broad SMARTS) is 1. The minimum absolute atomic E-state index is 0.231. The van der Waals surface area contributed by atoms with Crippen molar-refractivity contribution in [3.05, 3.63) is 94.0 Å².